The Bertz CT molecular complexity index is 539. The van der Waals surface area contributed by atoms with Crippen LogP contribution in [0, 0.1) is 0 Å². The highest BCUT2D eigenvalue weighted by Gasteiger charge is 2.20. The maximum absolute atomic E-state index is 10.5. The highest BCUT2D eigenvalue weighted by atomic mass is 16.3. The fraction of sp³-hybridized carbons (Fsp3) is 0.389. The number of hydrogen-bond acceptors (Lipinski definition) is 3. The Morgan fingerprint density at radius 1 is 1.14 bits per heavy atom. The summed E-state index contributed by atoms with van der Waals surface area (Å²) in [6.07, 6.45) is 2.32. The van der Waals surface area contributed by atoms with Crippen molar-refractivity contribution in [2.24, 2.45) is 0 Å². The van der Waals surface area contributed by atoms with Crippen molar-refractivity contribution >= 4 is 0 Å². The summed E-state index contributed by atoms with van der Waals surface area (Å²) in [4.78, 5) is 6.46. The monoisotopic (exact) mass is 284 g/mol. The molecule has 2 unspecified atom stereocenters. The zero-order valence-corrected chi connectivity index (χ0v) is 13.0. The first kappa shape index (κ1) is 15.7. The first-order valence-electron chi connectivity index (χ1n) is 7.49. The fourth-order valence-electron chi connectivity index (χ4n) is 2.36. The van der Waals surface area contributed by atoms with Gasteiger partial charge in [-0.25, -0.2) is 0 Å². The lowest BCUT2D eigenvalue weighted by atomic mass is 10.0. The van der Waals surface area contributed by atoms with E-state index in [1.54, 1.807) is 6.20 Å². The van der Waals surface area contributed by atoms with Crippen LogP contribution in [-0.2, 0) is 13.0 Å². The van der Waals surface area contributed by atoms with Gasteiger partial charge in [-0.3, -0.25) is 9.88 Å². The van der Waals surface area contributed by atoms with E-state index in [2.05, 4.69) is 28.9 Å². The van der Waals surface area contributed by atoms with Crippen LogP contribution in [0.5, 0.6) is 0 Å². The fourth-order valence-corrected chi connectivity index (χ4v) is 2.36. The highest BCUT2D eigenvalue weighted by molar-refractivity contribution is 5.25. The standard InChI is InChI=1S/C18H24N2O/c1-4-15-8-10-16(11-9-15)18(21)14(2)20(3)13-17-7-5-6-12-19-17/h5-12,14,18,21H,4,13H2,1-3H3. The Kier molecular flexibility index (Phi) is 5.48. The molecular formula is C18H24N2O. The number of pyridine rings is 1. The van der Waals surface area contributed by atoms with E-state index in [0.717, 1.165) is 24.2 Å². The summed E-state index contributed by atoms with van der Waals surface area (Å²) in [7, 11) is 2.02. The molecule has 2 rings (SSSR count). The van der Waals surface area contributed by atoms with E-state index in [4.69, 9.17) is 0 Å². The number of aliphatic hydroxyl groups is 1. The number of likely N-dealkylation sites (N-methyl/N-ethyl adjacent to an activating group) is 1. The van der Waals surface area contributed by atoms with Gasteiger partial charge >= 0.3 is 0 Å². The number of hydrogen-bond donors (Lipinski definition) is 1. The highest BCUT2D eigenvalue weighted by Crippen LogP contribution is 2.21. The first-order valence-corrected chi connectivity index (χ1v) is 7.49. The Morgan fingerprint density at radius 3 is 2.43 bits per heavy atom. The smallest absolute Gasteiger partial charge is 0.0942 e. The molecule has 0 aliphatic rings. The van der Waals surface area contributed by atoms with Crippen molar-refractivity contribution in [3.63, 3.8) is 0 Å². The van der Waals surface area contributed by atoms with Gasteiger partial charge in [-0.05, 0) is 43.7 Å². The minimum atomic E-state index is -0.496. The van der Waals surface area contributed by atoms with Crippen LogP contribution in [0.1, 0.15) is 36.8 Å². The summed E-state index contributed by atoms with van der Waals surface area (Å²) >= 11 is 0. The molecule has 1 heterocycles. The predicted octanol–water partition coefficient (Wildman–Crippen LogP) is 3.20. The lowest BCUT2D eigenvalue weighted by molar-refractivity contribution is 0.0682. The van der Waals surface area contributed by atoms with Gasteiger partial charge in [0.05, 0.1) is 11.8 Å². The molecular weight excluding hydrogens is 260 g/mol. The third-order valence-corrected chi connectivity index (χ3v) is 4.02. The molecule has 0 radical (unpaired) electrons. The summed E-state index contributed by atoms with van der Waals surface area (Å²) in [5.74, 6) is 0. The van der Waals surface area contributed by atoms with Gasteiger partial charge in [0.2, 0.25) is 0 Å². The van der Waals surface area contributed by atoms with Gasteiger partial charge in [0.15, 0.2) is 0 Å². The molecule has 3 nitrogen and oxygen atoms in total. The number of aryl methyl sites for hydroxylation is 1. The second kappa shape index (κ2) is 7.34. The van der Waals surface area contributed by atoms with E-state index >= 15 is 0 Å². The topological polar surface area (TPSA) is 36.4 Å². The lowest BCUT2D eigenvalue weighted by Gasteiger charge is -2.29. The van der Waals surface area contributed by atoms with Gasteiger partial charge < -0.3 is 5.11 Å². The van der Waals surface area contributed by atoms with Crippen LogP contribution in [-0.4, -0.2) is 28.1 Å². The number of benzene rings is 1. The maximum atomic E-state index is 10.5. The maximum Gasteiger partial charge on any atom is 0.0942 e. The second-order valence-corrected chi connectivity index (χ2v) is 5.52. The molecule has 2 aromatic rings. The van der Waals surface area contributed by atoms with E-state index in [0.29, 0.717) is 0 Å². The third kappa shape index (κ3) is 4.13. The molecule has 0 spiro atoms. The average molecular weight is 284 g/mol. The van der Waals surface area contributed by atoms with Crippen LogP contribution >= 0.6 is 0 Å². The van der Waals surface area contributed by atoms with Crippen molar-refractivity contribution in [2.75, 3.05) is 7.05 Å². The van der Waals surface area contributed by atoms with Crippen LogP contribution < -0.4 is 0 Å². The van der Waals surface area contributed by atoms with Gasteiger partial charge in [0.1, 0.15) is 0 Å². The molecule has 1 N–H and O–H groups in total. The Balaban J connectivity index is 2.01. The molecule has 0 saturated heterocycles. The van der Waals surface area contributed by atoms with Crippen LogP contribution in [0.4, 0.5) is 0 Å². The normalized spacial score (nSPS) is 14.1. The zero-order valence-electron chi connectivity index (χ0n) is 13.0. The van der Waals surface area contributed by atoms with Crippen molar-refractivity contribution in [2.45, 2.75) is 39.0 Å². The van der Waals surface area contributed by atoms with Crippen LogP contribution in [0.3, 0.4) is 0 Å². The number of aliphatic hydroxyl groups excluding tert-OH is 1. The average Bonchev–Trinajstić information content (AvgIpc) is 2.54. The van der Waals surface area contributed by atoms with Gasteiger partial charge in [-0.15, -0.1) is 0 Å². The van der Waals surface area contributed by atoms with Gasteiger partial charge in [0, 0.05) is 18.8 Å². The molecule has 21 heavy (non-hydrogen) atoms. The molecule has 112 valence electrons. The predicted molar refractivity (Wildman–Crippen MR) is 85.9 cm³/mol. The SMILES string of the molecule is CCc1ccc(C(O)C(C)N(C)Cc2ccccn2)cc1. The minimum Gasteiger partial charge on any atom is -0.387 e. The Morgan fingerprint density at radius 2 is 1.86 bits per heavy atom. The molecule has 0 fully saturated rings. The van der Waals surface area contributed by atoms with Crippen molar-refractivity contribution in [3.8, 4) is 0 Å². The molecule has 3 heteroatoms. The van der Waals surface area contributed by atoms with Crippen molar-refractivity contribution in [1.82, 2.24) is 9.88 Å². The number of nitrogens with zero attached hydrogens (tertiary/aromatic N) is 2. The van der Waals surface area contributed by atoms with E-state index in [1.807, 2.05) is 44.3 Å². The molecule has 0 amide bonds. The van der Waals surface area contributed by atoms with Crippen LogP contribution in [0.25, 0.3) is 0 Å². The summed E-state index contributed by atoms with van der Waals surface area (Å²) in [6.45, 7) is 4.90. The molecule has 2 atom stereocenters. The van der Waals surface area contributed by atoms with Crippen LogP contribution in [0.2, 0.25) is 0 Å². The lowest BCUT2D eigenvalue weighted by Crippen LogP contribution is -2.34. The molecule has 1 aromatic heterocycles. The molecule has 0 saturated carbocycles. The summed E-state index contributed by atoms with van der Waals surface area (Å²) in [6, 6.07) is 14.2. The first-order chi connectivity index (χ1) is 10.1. The summed E-state index contributed by atoms with van der Waals surface area (Å²) in [5, 5.41) is 10.5. The van der Waals surface area contributed by atoms with E-state index < -0.39 is 6.10 Å². The van der Waals surface area contributed by atoms with Crippen molar-refractivity contribution in [3.05, 3.63) is 65.5 Å². The molecule has 0 aliphatic carbocycles. The molecule has 0 aliphatic heterocycles. The van der Waals surface area contributed by atoms with Gasteiger partial charge in [0.25, 0.3) is 0 Å². The molecule has 1 aromatic carbocycles. The number of rotatable bonds is 6. The Labute approximate surface area is 127 Å². The minimum absolute atomic E-state index is 0.0273. The van der Waals surface area contributed by atoms with Crippen LogP contribution in [0.15, 0.2) is 48.7 Å². The van der Waals surface area contributed by atoms with E-state index in [1.165, 1.54) is 5.56 Å². The zero-order chi connectivity index (χ0) is 15.2. The third-order valence-electron chi connectivity index (χ3n) is 4.02. The number of aromatic nitrogens is 1. The summed E-state index contributed by atoms with van der Waals surface area (Å²) < 4.78 is 0. The quantitative estimate of drug-likeness (QED) is 0.885. The molecule has 0 bridgehead atoms. The Hall–Kier alpha value is -1.71. The van der Waals surface area contributed by atoms with Crippen molar-refractivity contribution < 1.29 is 5.11 Å². The van der Waals surface area contributed by atoms with Crippen molar-refractivity contribution in [1.29, 1.82) is 0 Å². The summed E-state index contributed by atoms with van der Waals surface area (Å²) in [5.41, 5.74) is 3.27. The largest absolute Gasteiger partial charge is 0.387 e. The van der Waals surface area contributed by atoms with Gasteiger partial charge in [-0.1, -0.05) is 37.3 Å². The van der Waals surface area contributed by atoms with Gasteiger partial charge in [-0.2, -0.15) is 0 Å². The van der Waals surface area contributed by atoms with E-state index in [9.17, 15) is 5.11 Å². The van der Waals surface area contributed by atoms with E-state index in [-0.39, 0.29) is 6.04 Å². The second-order valence-electron chi connectivity index (χ2n) is 5.52.